The zero-order valence-corrected chi connectivity index (χ0v) is 20.5. The van der Waals surface area contributed by atoms with Crippen LogP contribution in [0.2, 0.25) is 5.02 Å². The molecule has 182 valence electrons. The fourth-order valence-electron chi connectivity index (χ4n) is 4.74. The van der Waals surface area contributed by atoms with Gasteiger partial charge in [-0.2, -0.15) is 0 Å². The van der Waals surface area contributed by atoms with Crippen molar-refractivity contribution in [3.05, 3.63) is 106 Å². The smallest absolute Gasteiger partial charge is 0.295 e. The summed E-state index contributed by atoms with van der Waals surface area (Å²) in [5, 5.41) is 12.7. The van der Waals surface area contributed by atoms with E-state index in [4.69, 9.17) is 16.3 Å². The van der Waals surface area contributed by atoms with Gasteiger partial charge in [0.05, 0.1) is 18.2 Å². The number of aromatic amines is 1. The molecule has 0 saturated carbocycles. The number of aliphatic hydroxyl groups excluding tert-OH is 1. The van der Waals surface area contributed by atoms with Gasteiger partial charge < -0.3 is 19.7 Å². The number of ether oxygens (including phenoxy) is 1. The molecule has 0 aliphatic carbocycles. The van der Waals surface area contributed by atoms with E-state index in [1.807, 2.05) is 37.4 Å². The Morgan fingerprint density at radius 3 is 2.50 bits per heavy atom. The van der Waals surface area contributed by atoms with Gasteiger partial charge in [-0.25, -0.2) is 0 Å². The fraction of sp³-hybridized carbons (Fsp3) is 0.172. The highest BCUT2D eigenvalue weighted by Crippen LogP contribution is 2.42. The minimum atomic E-state index is -0.810. The van der Waals surface area contributed by atoms with Gasteiger partial charge in [0.15, 0.2) is 0 Å². The molecule has 1 aliphatic rings. The van der Waals surface area contributed by atoms with Gasteiger partial charge in [-0.1, -0.05) is 48.0 Å². The number of amides is 1. The van der Waals surface area contributed by atoms with Gasteiger partial charge in [0.2, 0.25) is 0 Å². The number of benzene rings is 3. The Morgan fingerprint density at radius 1 is 1.03 bits per heavy atom. The third-order valence-corrected chi connectivity index (χ3v) is 6.82. The zero-order chi connectivity index (χ0) is 25.2. The molecule has 6 nitrogen and oxygen atoms in total. The largest absolute Gasteiger partial charge is 0.507 e. The summed E-state index contributed by atoms with van der Waals surface area (Å²) < 4.78 is 5.48. The number of para-hydroxylation sites is 1. The lowest BCUT2D eigenvalue weighted by Crippen LogP contribution is -2.31. The highest BCUT2D eigenvalue weighted by molar-refractivity contribution is 6.47. The van der Waals surface area contributed by atoms with E-state index >= 15 is 0 Å². The number of likely N-dealkylation sites (tertiary alicyclic amines) is 1. The van der Waals surface area contributed by atoms with Crippen LogP contribution in [0.4, 0.5) is 0 Å². The number of aromatic nitrogens is 1. The number of carbonyl (C=O) groups is 2. The van der Waals surface area contributed by atoms with Gasteiger partial charge in [0.25, 0.3) is 11.7 Å². The molecule has 2 N–H and O–H groups in total. The van der Waals surface area contributed by atoms with E-state index in [1.165, 1.54) is 4.90 Å². The molecule has 2 heterocycles. The van der Waals surface area contributed by atoms with E-state index in [0.717, 1.165) is 16.5 Å². The van der Waals surface area contributed by atoms with E-state index in [2.05, 4.69) is 4.98 Å². The summed E-state index contributed by atoms with van der Waals surface area (Å²) in [5.41, 5.74) is 3.08. The summed E-state index contributed by atoms with van der Waals surface area (Å²) >= 11 is 6.54. The number of Topliss-reactive ketones (excluding diaryl/α,β-unsaturated/α-hetero) is 1. The van der Waals surface area contributed by atoms with Crippen molar-refractivity contribution < 1.29 is 19.4 Å². The van der Waals surface area contributed by atoms with Gasteiger partial charge in [0, 0.05) is 34.2 Å². The summed E-state index contributed by atoms with van der Waals surface area (Å²) in [5.74, 6) is -0.982. The second-order valence-corrected chi connectivity index (χ2v) is 8.99. The van der Waals surface area contributed by atoms with Gasteiger partial charge >= 0.3 is 0 Å². The molecule has 0 unspecified atom stereocenters. The molecule has 36 heavy (non-hydrogen) atoms. The normalized spacial score (nSPS) is 17.2. The van der Waals surface area contributed by atoms with Crippen molar-refractivity contribution in [1.82, 2.24) is 9.88 Å². The quantitative estimate of drug-likeness (QED) is 0.188. The Labute approximate surface area is 213 Å². The summed E-state index contributed by atoms with van der Waals surface area (Å²) in [6.07, 6.45) is 2.45. The van der Waals surface area contributed by atoms with Crippen LogP contribution < -0.4 is 4.74 Å². The Morgan fingerprint density at radius 2 is 1.75 bits per heavy atom. The van der Waals surface area contributed by atoms with Crippen LogP contribution in [-0.4, -0.2) is 39.8 Å². The van der Waals surface area contributed by atoms with Crippen molar-refractivity contribution in [2.24, 2.45) is 0 Å². The minimum Gasteiger partial charge on any atom is -0.507 e. The molecule has 3 aromatic carbocycles. The lowest BCUT2D eigenvalue weighted by molar-refractivity contribution is -0.139. The van der Waals surface area contributed by atoms with Crippen LogP contribution in [0.5, 0.6) is 5.75 Å². The summed E-state index contributed by atoms with van der Waals surface area (Å²) in [6.45, 7) is 2.68. The number of hydrogen-bond donors (Lipinski definition) is 2. The maximum absolute atomic E-state index is 13.3. The summed E-state index contributed by atoms with van der Waals surface area (Å²) in [6, 6.07) is 21.0. The molecule has 7 heteroatoms. The van der Waals surface area contributed by atoms with Crippen molar-refractivity contribution >= 4 is 40.0 Å². The predicted molar refractivity (Wildman–Crippen MR) is 140 cm³/mol. The number of carbonyl (C=O) groups excluding carboxylic acids is 2. The monoisotopic (exact) mass is 500 g/mol. The molecule has 1 fully saturated rings. The van der Waals surface area contributed by atoms with Crippen LogP contribution in [0.25, 0.3) is 16.7 Å². The van der Waals surface area contributed by atoms with Crippen LogP contribution in [0, 0.1) is 0 Å². The molecule has 1 atom stereocenters. The number of H-pyrrole nitrogens is 1. The predicted octanol–water partition coefficient (Wildman–Crippen LogP) is 5.88. The molecule has 5 rings (SSSR count). The number of fused-ring (bicyclic) bond motifs is 1. The van der Waals surface area contributed by atoms with Crippen molar-refractivity contribution in [3.63, 3.8) is 0 Å². The summed E-state index contributed by atoms with van der Waals surface area (Å²) in [4.78, 5) is 31.3. The number of aliphatic hydroxyl groups is 1. The first-order valence-corrected chi connectivity index (χ1v) is 12.2. The van der Waals surface area contributed by atoms with Crippen LogP contribution in [0.15, 0.2) is 84.6 Å². The van der Waals surface area contributed by atoms with Gasteiger partial charge in [0.1, 0.15) is 11.5 Å². The van der Waals surface area contributed by atoms with E-state index in [-0.39, 0.29) is 17.9 Å². The zero-order valence-electron chi connectivity index (χ0n) is 19.7. The number of nitrogens with zero attached hydrogens (tertiary/aromatic N) is 1. The number of hydrogen-bond acceptors (Lipinski definition) is 4. The molecular formula is C29H25ClN2O4. The van der Waals surface area contributed by atoms with E-state index in [9.17, 15) is 14.7 Å². The molecule has 1 saturated heterocycles. The Kier molecular flexibility index (Phi) is 6.53. The maximum Gasteiger partial charge on any atom is 0.295 e. The SMILES string of the molecule is CCOc1ccc(C(O)=C2C(=O)C(=O)N(CCc3c[nH]c4ccccc34)[C@H]2c2ccccc2Cl)cc1. The molecule has 1 aromatic heterocycles. The van der Waals surface area contributed by atoms with Crippen LogP contribution in [-0.2, 0) is 16.0 Å². The fourth-order valence-corrected chi connectivity index (χ4v) is 4.98. The minimum absolute atomic E-state index is 0.0242. The number of rotatable bonds is 7. The van der Waals surface area contributed by atoms with Crippen molar-refractivity contribution in [1.29, 1.82) is 0 Å². The maximum atomic E-state index is 13.3. The van der Waals surface area contributed by atoms with Crippen molar-refractivity contribution in [2.45, 2.75) is 19.4 Å². The van der Waals surface area contributed by atoms with Crippen LogP contribution in [0.1, 0.15) is 29.7 Å². The highest BCUT2D eigenvalue weighted by Gasteiger charge is 2.46. The van der Waals surface area contributed by atoms with Gasteiger partial charge in [-0.05, 0) is 60.9 Å². The van der Waals surface area contributed by atoms with E-state index < -0.39 is 17.7 Å². The average molecular weight is 501 g/mol. The van der Waals surface area contributed by atoms with Crippen molar-refractivity contribution in [3.8, 4) is 5.75 Å². The summed E-state index contributed by atoms with van der Waals surface area (Å²) in [7, 11) is 0. The molecule has 1 amide bonds. The Balaban J connectivity index is 1.55. The lowest BCUT2D eigenvalue weighted by Gasteiger charge is -2.26. The molecule has 0 spiro atoms. The number of halogens is 1. The third kappa shape index (κ3) is 4.25. The van der Waals surface area contributed by atoms with E-state index in [1.54, 1.807) is 48.5 Å². The second kappa shape index (κ2) is 9.91. The third-order valence-electron chi connectivity index (χ3n) is 6.48. The molecule has 4 aromatic rings. The average Bonchev–Trinajstić information content (AvgIpc) is 3.42. The molecule has 0 radical (unpaired) electrons. The van der Waals surface area contributed by atoms with Crippen LogP contribution >= 0.6 is 11.6 Å². The van der Waals surface area contributed by atoms with Gasteiger partial charge in [-0.3, -0.25) is 9.59 Å². The first kappa shape index (κ1) is 23.7. The lowest BCUT2D eigenvalue weighted by atomic mass is 9.95. The first-order chi connectivity index (χ1) is 17.5. The Bertz CT molecular complexity index is 1470. The number of nitrogens with one attached hydrogen (secondary N) is 1. The van der Waals surface area contributed by atoms with E-state index in [0.29, 0.717) is 34.9 Å². The second-order valence-electron chi connectivity index (χ2n) is 8.58. The standard InChI is InChI=1S/C29H25ClN2O4/c1-2-36-20-13-11-18(12-14-20)27(33)25-26(22-8-3-5-9-23(22)30)32(29(35)28(25)34)16-15-19-17-31-24-10-6-4-7-21(19)24/h3-14,17,26,31,33H,2,15-16H2,1H3/t26-/m0/s1. The van der Waals surface area contributed by atoms with Crippen molar-refractivity contribution in [2.75, 3.05) is 13.2 Å². The Hall–Kier alpha value is -4.03. The van der Waals surface area contributed by atoms with Gasteiger partial charge in [-0.15, -0.1) is 0 Å². The molecule has 0 bridgehead atoms. The molecule has 1 aliphatic heterocycles. The topological polar surface area (TPSA) is 82.6 Å². The first-order valence-electron chi connectivity index (χ1n) is 11.8. The van der Waals surface area contributed by atoms with Crippen LogP contribution in [0.3, 0.4) is 0 Å². The highest BCUT2D eigenvalue weighted by atomic mass is 35.5. The molecular weight excluding hydrogens is 476 g/mol. The number of ketones is 1.